The first kappa shape index (κ1) is 17.2. The summed E-state index contributed by atoms with van der Waals surface area (Å²) >= 11 is 5.85. The number of aryl methyl sites for hydroxylation is 1. The van der Waals surface area contributed by atoms with Crippen molar-refractivity contribution in [2.75, 3.05) is 0 Å². The standard InChI is InChI=1S/C19H18ClN3O2/c1-2-17-22-16-6-4-3-5-15(16)19(25)23(17)12-18(24)21-11-13-7-9-14(20)10-8-13/h3-10H,2,11-12H2,1H3,(H,21,24). The maximum atomic E-state index is 12.7. The van der Waals surface area contributed by atoms with E-state index in [0.717, 1.165) is 5.56 Å². The van der Waals surface area contributed by atoms with Gasteiger partial charge in [0.25, 0.3) is 5.56 Å². The van der Waals surface area contributed by atoms with Gasteiger partial charge < -0.3 is 5.32 Å². The van der Waals surface area contributed by atoms with Gasteiger partial charge in [-0.15, -0.1) is 0 Å². The summed E-state index contributed by atoms with van der Waals surface area (Å²) in [7, 11) is 0. The summed E-state index contributed by atoms with van der Waals surface area (Å²) in [5.74, 6) is 0.370. The number of rotatable bonds is 5. The molecule has 0 aliphatic heterocycles. The van der Waals surface area contributed by atoms with Crippen LogP contribution < -0.4 is 10.9 Å². The lowest BCUT2D eigenvalue weighted by atomic mass is 10.2. The Kier molecular flexibility index (Phi) is 5.14. The molecule has 0 unspecified atom stereocenters. The third-order valence-electron chi connectivity index (χ3n) is 3.96. The van der Waals surface area contributed by atoms with Gasteiger partial charge in [-0.1, -0.05) is 42.8 Å². The average molecular weight is 356 g/mol. The molecule has 6 heteroatoms. The van der Waals surface area contributed by atoms with E-state index in [4.69, 9.17) is 11.6 Å². The molecule has 128 valence electrons. The lowest BCUT2D eigenvalue weighted by molar-refractivity contribution is -0.121. The number of carbonyl (C=O) groups excluding carboxylic acids is 1. The third kappa shape index (κ3) is 3.88. The molecule has 0 bridgehead atoms. The zero-order valence-electron chi connectivity index (χ0n) is 13.8. The second-order valence-electron chi connectivity index (χ2n) is 5.69. The van der Waals surface area contributed by atoms with Crippen LogP contribution in [0.15, 0.2) is 53.3 Å². The van der Waals surface area contributed by atoms with E-state index in [2.05, 4.69) is 10.3 Å². The van der Waals surface area contributed by atoms with Gasteiger partial charge in [0.2, 0.25) is 5.91 Å². The summed E-state index contributed by atoms with van der Waals surface area (Å²) in [6.07, 6.45) is 0.574. The number of fused-ring (bicyclic) bond motifs is 1. The molecule has 0 radical (unpaired) electrons. The molecule has 0 atom stereocenters. The van der Waals surface area contributed by atoms with Gasteiger partial charge in [-0.05, 0) is 29.8 Å². The zero-order valence-corrected chi connectivity index (χ0v) is 14.6. The minimum atomic E-state index is -0.233. The third-order valence-corrected chi connectivity index (χ3v) is 4.21. The number of carbonyl (C=O) groups is 1. The molecule has 1 aromatic heterocycles. The number of para-hydroxylation sites is 1. The van der Waals surface area contributed by atoms with E-state index < -0.39 is 0 Å². The van der Waals surface area contributed by atoms with Crippen LogP contribution in [0, 0.1) is 0 Å². The highest BCUT2D eigenvalue weighted by Gasteiger charge is 2.12. The smallest absolute Gasteiger partial charge is 0.261 e. The largest absolute Gasteiger partial charge is 0.350 e. The molecule has 0 spiro atoms. The van der Waals surface area contributed by atoms with Crippen molar-refractivity contribution in [2.45, 2.75) is 26.4 Å². The number of hydrogen-bond acceptors (Lipinski definition) is 3. The molecule has 1 amide bonds. The summed E-state index contributed by atoms with van der Waals surface area (Å²) < 4.78 is 1.44. The summed E-state index contributed by atoms with van der Waals surface area (Å²) in [5, 5.41) is 3.99. The van der Waals surface area contributed by atoms with Gasteiger partial charge in [-0.3, -0.25) is 14.2 Å². The monoisotopic (exact) mass is 355 g/mol. The van der Waals surface area contributed by atoms with Crippen LogP contribution in [0.25, 0.3) is 10.9 Å². The van der Waals surface area contributed by atoms with Crippen LogP contribution >= 0.6 is 11.6 Å². The van der Waals surface area contributed by atoms with Crippen molar-refractivity contribution in [3.63, 3.8) is 0 Å². The number of nitrogens with zero attached hydrogens (tertiary/aromatic N) is 2. The van der Waals surface area contributed by atoms with Gasteiger partial charge in [-0.2, -0.15) is 0 Å². The van der Waals surface area contributed by atoms with Crippen LogP contribution in [0.1, 0.15) is 18.3 Å². The van der Waals surface area contributed by atoms with E-state index in [-0.39, 0.29) is 18.0 Å². The highest BCUT2D eigenvalue weighted by atomic mass is 35.5. The maximum Gasteiger partial charge on any atom is 0.261 e. The predicted molar refractivity (Wildman–Crippen MR) is 98.7 cm³/mol. The van der Waals surface area contributed by atoms with Gasteiger partial charge in [0.1, 0.15) is 12.4 Å². The summed E-state index contributed by atoms with van der Waals surface area (Å²) in [6.45, 7) is 2.25. The molecule has 0 aliphatic carbocycles. The number of aromatic nitrogens is 2. The Labute approximate surface area is 150 Å². The van der Waals surface area contributed by atoms with Crippen molar-refractivity contribution < 1.29 is 4.79 Å². The fourth-order valence-corrected chi connectivity index (χ4v) is 2.78. The molecule has 0 saturated heterocycles. The van der Waals surface area contributed by atoms with Crippen molar-refractivity contribution in [2.24, 2.45) is 0 Å². The molecule has 1 N–H and O–H groups in total. The van der Waals surface area contributed by atoms with Crippen molar-refractivity contribution in [3.8, 4) is 0 Å². The second-order valence-corrected chi connectivity index (χ2v) is 6.13. The number of benzene rings is 2. The van der Waals surface area contributed by atoms with E-state index in [0.29, 0.717) is 34.7 Å². The van der Waals surface area contributed by atoms with Crippen molar-refractivity contribution in [3.05, 3.63) is 75.3 Å². The fraction of sp³-hybridized carbons (Fsp3) is 0.211. The minimum Gasteiger partial charge on any atom is -0.350 e. The van der Waals surface area contributed by atoms with Gasteiger partial charge >= 0.3 is 0 Å². The van der Waals surface area contributed by atoms with Crippen LogP contribution in [0.4, 0.5) is 0 Å². The molecular formula is C19H18ClN3O2. The Bertz CT molecular complexity index is 965. The highest BCUT2D eigenvalue weighted by Crippen LogP contribution is 2.10. The van der Waals surface area contributed by atoms with Crippen LogP contribution in [0.2, 0.25) is 5.02 Å². The molecule has 5 nitrogen and oxygen atoms in total. The molecule has 2 aromatic carbocycles. The van der Waals surface area contributed by atoms with Gasteiger partial charge in [-0.25, -0.2) is 4.98 Å². The van der Waals surface area contributed by atoms with Gasteiger partial charge in [0.05, 0.1) is 10.9 Å². The van der Waals surface area contributed by atoms with Gasteiger partial charge in [0.15, 0.2) is 0 Å². The second kappa shape index (κ2) is 7.49. The Morgan fingerprint density at radius 2 is 1.88 bits per heavy atom. The Hall–Kier alpha value is -2.66. The SMILES string of the molecule is CCc1nc2ccccc2c(=O)n1CC(=O)NCc1ccc(Cl)cc1. The predicted octanol–water partition coefficient (Wildman–Crippen LogP) is 2.93. The Balaban J connectivity index is 1.79. The molecule has 0 aliphatic rings. The quantitative estimate of drug-likeness (QED) is 0.765. The molecule has 3 rings (SSSR count). The van der Waals surface area contributed by atoms with Gasteiger partial charge in [0, 0.05) is 18.0 Å². The van der Waals surface area contributed by atoms with Crippen LogP contribution in [-0.2, 0) is 24.3 Å². The van der Waals surface area contributed by atoms with E-state index in [1.165, 1.54) is 4.57 Å². The zero-order chi connectivity index (χ0) is 17.8. The van der Waals surface area contributed by atoms with Crippen LogP contribution in [0.5, 0.6) is 0 Å². The Morgan fingerprint density at radius 3 is 2.60 bits per heavy atom. The number of nitrogens with one attached hydrogen (secondary N) is 1. The average Bonchev–Trinajstić information content (AvgIpc) is 2.63. The number of amides is 1. The van der Waals surface area contributed by atoms with E-state index in [9.17, 15) is 9.59 Å². The van der Waals surface area contributed by atoms with E-state index in [1.807, 2.05) is 25.1 Å². The lowest BCUT2D eigenvalue weighted by Crippen LogP contribution is -2.34. The molecule has 0 fully saturated rings. The van der Waals surface area contributed by atoms with Crippen LogP contribution in [0.3, 0.4) is 0 Å². The first-order valence-electron chi connectivity index (χ1n) is 8.08. The van der Waals surface area contributed by atoms with E-state index >= 15 is 0 Å². The van der Waals surface area contributed by atoms with E-state index in [1.54, 1.807) is 30.3 Å². The normalized spacial score (nSPS) is 10.8. The number of halogens is 1. The minimum absolute atomic E-state index is 0.0482. The Morgan fingerprint density at radius 1 is 1.16 bits per heavy atom. The summed E-state index contributed by atoms with van der Waals surface area (Å²) in [6, 6.07) is 14.4. The summed E-state index contributed by atoms with van der Waals surface area (Å²) in [5.41, 5.74) is 1.41. The maximum absolute atomic E-state index is 12.7. The molecular weight excluding hydrogens is 338 g/mol. The molecule has 0 saturated carbocycles. The fourth-order valence-electron chi connectivity index (χ4n) is 2.65. The van der Waals surface area contributed by atoms with Crippen molar-refractivity contribution in [1.82, 2.24) is 14.9 Å². The highest BCUT2D eigenvalue weighted by molar-refractivity contribution is 6.30. The molecule has 1 heterocycles. The topological polar surface area (TPSA) is 64.0 Å². The molecule has 3 aromatic rings. The van der Waals surface area contributed by atoms with Crippen molar-refractivity contribution >= 4 is 28.4 Å². The number of hydrogen-bond donors (Lipinski definition) is 1. The van der Waals surface area contributed by atoms with Crippen molar-refractivity contribution in [1.29, 1.82) is 0 Å². The summed E-state index contributed by atoms with van der Waals surface area (Å²) in [4.78, 5) is 29.5. The van der Waals surface area contributed by atoms with Crippen LogP contribution in [-0.4, -0.2) is 15.5 Å². The first-order valence-corrected chi connectivity index (χ1v) is 8.46. The first-order chi connectivity index (χ1) is 12.1. The molecule has 25 heavy (non-hydrogen) atoms. The lowest BCUT2D eigenvalue weighted by Gasteiger charge is -2.12.